The molecule has 0 saturated heterocycles. The fraction of sp³-hybridized carbons (Fsp3) is 0.538. The van der Waals surface area contributed by atoms with Gasteiger partial charge in [-0.15, -0.1) is 0 Å². The molecule has 0 amide bonds. The fourth-order valence-electron chi connectivity index (χ4n) is 1.37. The van der Waals surface area contributed by atoms with Crippen LogP contribution >= 0.6 is 0 Å². The molecule has 1 N–H and O–H groups in total. The van der Waals surface area contributed by atoms with Crippen molar-refractivity contribution in [2.24, 2.45) is 5.41 Å². The summed E-state index contributed by atoms with van der Waals surface area (Å²) in [4.78, 5) is 10.6. The molecule has 0 spiro atoms. The highest BCUT2D eigenvalue weighted by atomic mass is 16.6. The van der Waals surface area contributed by atoms with Gasteiger partial charge < -0.3 is 5.32 Å². The van der Waals surface area contributed by atoms with E-state index >= 15 is 0 Å². The summed E-state index contributed by atoms with van der Waals surface area (Å²) in [6, 6.07) is 5.28. The quantitative estimate of drug-likeness (QED) is 0.642. The Balaban J connectivity index is 3.04. The van der Waals surface area contributed by atoms with E-state index < -0.39 is 0 Å². The number of nitrogens with one attached hydrogen (secondary N) is 1. The minimum Gasteiger partial charge on any atom is -0.377 e. The minimum atomic E-state index is -0.350. The molecule has 0 saturated carbocycles. The molecule has 0 heterocycles. The van der Waals surface area contributed by atoms with E-state index in [1.165, 1.54) is 0 Å². The predicted octanol–water partition coefficient (Wildman–Crippen LogP) is 3.75. The third-order valence-electron chi connectivity index (χ3n) is 3.02. The molecule has 1 aromatic rings. The zero-order chi connectivity index (χ0) is 13.2. The zero-order valence-corrected chi connectivity index (χ0v) is 11.1. The maximum atomic E-state index is 10.9. The number of hydrogen-bond acceptors (Lipinski definition) is 3. The van der Waals surface area contributed by atoms with Crippen LogP contribution in [0.4, 0.5) is 11.4 Å². The second-order valence-electron chi connectivity index (χ2n) is 5.51. The molecule has 0 fully saturated rings. The van der Waals surface area contributed by atoms with Gasteiger partial charge in [-0.3, -0.25) is 10.1 Å². The Hall–Kier alpha value is -1.58. The average Bonchev–Trinajstić information content (AvgIpc) is 2.15. The van der Waals surface area contributed by atoms with Crippen molar-refractivity contribution in [3.63, 3.8) is 0 Å². The highest BCUT2D eigenvalue weighted by Gasteiger charge is 2.23. The molecular weight excluding hydrogens is 216 g/mol. The van der Waals surface area contributed by atoms with E-state index in [1.807, 2.05) is 19.9 Å². The molecule has 0 bridgehead atoms. The Labute approximate surface area is 102 Å². The van der Waals surface area contributed by atoms with Gasteiger partial charge in [0.15, 0.2) is 0 Å². The van der Waals surface area contributed by atoms with Gasteiger partial charge in [0.1, 0.15) is 5.69 Å². The molecule has 0 aliphatic rings. The lowest BCUT2D eigenvalue weighted by Gasteiger charge is -2.28. The third-order valence-corrected chi connectivity index (χ3v) is 3.02. The third kappa shape index (κ3) is 3.44. The van der Waals surface area contributed by atoms with Crippen molar-refractivity contribution in [1.29, 1.82) is 0 Å². The topological polar surface area (TPSA) is 55.2 Å². The van der Waals surface area contributed by atoms with E-state index in [-0.39, 0.29) is 22.1 Å². The number of anilines is 1. The number of hydrogen-bond donors (Lipinski definition) is 1. The van der Waals surface area contributed by atoms with E-state index in [1.54, 1.807) is 12.1 Å². The van der Waals surface area contributed by atoms with Crippen molar-refractivity contribution in [2.45, 2.75) is 40.7 Å². The molecule has 1 unspecified atom stereocenters. The highest BCUT2D eigenvalue weighted by molar-refractivity contribution is 5.63. The van der Waals surface area contributed by atoms with Gasteiger partial charge in [0.2, 0.25) is 0 Å². The van der Waals surface area contributed by atoms with Crippen LogP contribution in [0.25, 0.3) is 0 Å². The van der Waals surface area contributed by atoms with Crippen LogP contribution in [0, 0.1) is 22.5 Å². The highest BCUT2D eigenvalue weighted by Crippen LogP contribution is 2.29. The van der Waals surface area contributed by atoms with Crippen molar-refractivity contribution < 1.29 is 4.92 Å². The molecule has 1 rings (SSSR count). The molecule has 0 aliphatic heterocycles. The number of benzene rings is 1. The molecule has 4 nitrogen and oxygen atoms in total. The first-order chi connectivity index (χ1) is 7.71. The van der Waals surface area contributed by atoms with E-state index in [4.69, 9.17) is 0 Å². The van der Waals surface area contributed by atoms with Crippen LogP contribution in [0.3, 0.4) is 0 Å². The largest absolute Gasteiger partial charge is 0.377 e. The maximum absolute atomic E-state index is 10.9. The van der Waals surface area contributed by atoms with Crippen molar-refractivity contribution in [1.82, 2.24) is 0 Å². The normalized spacial score (nSPS) is 13.2. The summed E-state index contributed by atoms with van der Waals surface area (Å²) in [5, 5.41) is 14.2. The Kier molecular flexibility index (Phi) is 3.76. The molecule has 1 atom stereocenters. The maximum Gasteiger partial charge on any atom is 0.292 e. The van der Waals surface area contributed by atoms with E-state index in [0.717, 1.165) is 5.56 Å². The molecular formula is C13H20N2O2. The molecule has 94 valence electrons. The predicted molar refractivity (Wildman–Crippen MR) is 70.4 cm³/mol. The van der Waals surface area contributed by atoms with Crippen LogP contribution in [-0.2, 0) is 0 Å². The van der Waals surface area contributed by atoms with Crippen molar-refractivity contribution in [2.75, 3.05) is 5.32 Å². The summed E-state index contributed by atoms with van der Waals surface area (Å²) in [6.45, 7) is 10.3. The Morgan fingerprint density at radius 1 is 1.35 bits per heavy atom. The van der Waals surface area contributed by atoms with Gasteiger partial charge in [-0.1, -0.05) is 26.8 Å². The van der Waals surface area contributed by atoms with Gasteiger partial charge in [-0.25, -0.2) is 0 Å². The number of nitro benzene ring substituents is 1. The van der Waals surface area contributed by atoms with E-state index in [0.29, 0.717) is 5.69 Å². The van der Waals surface area contributed by atoms with Gasteiger partial charge >= 0.3 is 0 Å². The minimum absolute atomic E-state index is 0.0532. The van der Waals surface area contributed by atoms with Crippen molar-refractivity contribution in [3.8, 4) is 0 Å². The molecule has 0 aliphatic carbocycles. The standard InChI is InChI=1S/C13H20N2O2/c1-9-6-7-12(15(16)17)11(8-9)14-10(2)13(3,4)5/h6-8,10,14H,1-5H3. The van der Waals surface area contributed by atoms with Gasteiger partial charge in [-0.2, -0.15) is 0 Å². The van der Waals surface area contributed by atoms with Crippen LogP contribution in [0.5, 0.6) is 0 Å². The second kappa shape index (κ2) is 4.73. The fourth-order valence-corrected chi connectivity index (χ4v) is 1.37. The summed E-state index contributed by atoms with van der Waals surface area (Å²) >= 11 is 0. The molecule has 4 heteroatoms. The SMILES string of the molecule is Cc1ccc([N+](=O)[O-])c(NC(C)C(C)(C)C)c1. The summed E-state index contributed by atoms with van der Waals surface area (Å²) in [6.07, 6.45) is 0. The lowest BCUT2D eigenvalue weighted by atomic mass is 9.88. The van der Waals surface area contributed by atoms with Crippen LogP contribution < -0.4 is 5.32 Å². The molecule has 0 radical (unpaired) electrons. The van der Waals surface area contributed by atoms with Crippen LogP contribution in [-0.4, -0.2) is 11.0 Å². The molecule has 17 heavy (non-hydrogen) atoms. The van der Waals surface area contributed by atoms with Gasteiger partial charge in [-0.05, 0) is 30.9 Å². The summed E-state index contributed by atoms with van der Waals surface area (Å²) in [7, 11) is 0. The first-order valence-corrected chi connectivity index (χ1v) is 5.73. The average molecular weight is 236 g/mol. The van der Waals surface area contributed by atoms with Crippen LogP contribution in [0.1, 0.15) is 33.3 Å². The van der Waals surface area contributed by atoms with Gasteiger partial charge in [0.05, 0.1) is 4.92 Å². The Bertz CT molecular complexity index is 422. The van der Waals surface area contributed by atoms with E-state index in [9.17, 15) is 10.1 Å². The van der Waals surface area contributed by atoms with Crippen LogP contribution in [0.15, 0.2) is 18.2 Å². The lowest BCUT2D eigenvalue weighted by molar-refractivity contribution is -0.384. The van der Waals surface area contributed by atoms with Crippen LogP contribution in [0.2, 0.25) is 0 Å². The first-order valence-electron chi connectivity index (χ1n) is 5.73. The first kappa shape index (κ1) is 13.5. The van der Waals surface area contributed by atoms with Gasteiger partial charge in [0, 0.05) is 12.1 Å². The molecule has 0 aromatic heterocycles. The Morgan fingerprint density at radius 2 is 1.94 bits per heavy atom. The monoisotopic (exact) mass is 236 g/mol. The summed E-state index contributed by atoms with van der Waals surface area (Å²) < 4.78 is 0. The number of nitrogens with zero attached hydrogens (tertiary/aromatic N) is 1. The summed E-state index contributed by atoms with van der Waals surface area (Å²) in [5.74, 6) is 0. The number of rotatable bonds is 3. The molecule has 1 aromatic carbocycles. The number of nitro groups is 1. The van der Waals surface area contributed by atoms with E-state index in [2.05, 4.69) is 26.1 Å². The van der Waals surface area contributed by atoms with Gasteiger partial charge in [0.25, 0.3) is 5.69 Å². The zero-order valence-electron chi connectivity index (χ0n) is 11.1. The Morgan fingerprint density at radius 3 is 2.41 bits per heavy atom. The number of aryl methyl sites for hydroxylation is 1. The lowest BCUT2D eigenvalue weighted by Crippen LogP contribution is -2.31. The van der Waals surface area contributed by atoms with Crippen molar-refractivity contribution in [3.05, 3.63) is 33.9 Å². The van der Waals surface area contributed by atoms with Crippen molar-refractivity contribution >= 4 is 11.4 Å². The smallest absolute Gasteiger partial charge is 0.292 e. The second-order valence-corrected chi connectivity index (χ2v) is 5.51. The summed E-state index contributed by atoms with van der Waals surface area (Å²) in [5.41, 5.74) is 1.79.